The van der Waals surface area contributed by atoms with E-state index in [1.165, 1.54) is 0 Å². The van der Waals surface area contributed by atoms with Crippen LogP contribution >= 0.6 is 0 Å². The Hall–Kier alpha value is -2.57. The van der Waals surface area contributed by atoms with E-state index in [1.807, 2.05) is 44.2 Å². The van der Waals surface area contributed by atoms with Gasteiger partial charge in [0.15, 0.2) is 6.61 Å². The average Bonchev–Trinajstić information content (AvgIpc) is 3.10. The summed E-state index contributed by atoms with van der Waals surface area (Å²) in [5, 5.41) is 3.07. The molecule has 0 aliphatic carbocycles. The summed E-state index contributed by atoms with van der Waals surface area (Å²) in [5.74, 6) is 0.374. The molecule has 1 N–H and O–H groups in total. The van der Waals surface area contributed by atoms with Crippen molar-refractivity contribution in [2.75, 3.05) is 26.2 Å². The molecule has 7 nitrogen and oxygen atoms in total. The molecule has 0 aromatic heterocycles. The number of rotatable bonds is 6. The van der Waals surface area contributed by atoms with Crippen molar-refractivity contribution >= 4 is 17.7 Å². The van der Waals surface area contributed by atoms with Gasteiger partial charge in [-0.25, -0.2) is 0 Å². The third-order valence-corrected chi connectivity index (χ3v) is 5.45. The van der Waals surface area contributed by atoms with Gasteiger partial charge in [-0.2, -0.15) is 0 Å². The first-order valence-electron chi connectivity index (χ1n) is 9.99. The first-order valence-corrected chi connectivity index (χ1v) is 9.99. The number of hydrogen-bond donors (Lipinski definition) is 1. The smallest absolute Gasteiger partial charge is 0.260 e. The molecule has 1 unspecified atom stereocenters. The Bertz CT molecular complexity index is 699. The molecule has 2 aliphatic heterocycles. The highest BCUT2D eigenvalue weighted by atomic mass is 16.5. The number of benzene rings is 1. The number of ether oxygens (including phenoxy) is 1. The number of piperidine rings is 1. The predicted octanol–water partition coefficient (Wildman–Crippen LogP) is 1.43. The zero-order valence-corrected chi connectivity index (χ0v) is 16.6. The fourth-order valence-electron chi connectivity index (χ4n) is 3.75. The van der Waals surface area contributed by atoms with Crippen LogP contribution in [-0.2, 0) is 14.4 Å². The first kappa shape index (κ1) is 20.2. The van der Waals surface area contributed by atoms with Gasteiger partial charge in [0, 0.05) is 38.1 Å². The van der Waals surface area contributed by atoms with Gasteiger partial charge in [0.25, 0.3) is 5.91 Å². The lowest BCUT2D eigenvalue weighted by Crippen LogP contribution is -2.49. The number of carbonyl (C=O) groups excluding carboxylic acids is 3. The molecule has 2 aliphatic rings. The van der Waals surface area contributed by atoms with Crippen LogP contribution in [0.2, 0.25) is 0 Å². The van der Waals surface area contributed by atoms with Gasteiger partial charge in [-0.15, -0.1) is 0 Å². The van der Waals surface area contributed by atoms with Crippen molar-refractivity contribution < 1.29 is 19.1 Å². The first-order chi connectivity index (χ1) is 13.4. The van der Waals surface area contributed by atoms with Gasteiger partial charge in [-0.3, -0.25) is 14.4 Å². The van der Waals surface area contributed by atoms with E-state index in [9.17, 15) is 14.4 Å². The second-order valence-electron chi connectivity index (χ2n) is 7.81. The molecular formula is C21H29N3O4. The van der Waals surface area contributed by atoms with Gasteiger partial charge in [-0.1, -0.05) is 18.2 Å². The van der Waals surface area contributed by atoms with E-state index in [2.05, 4.69) is 5.32 Å². The predicted molar refractivity (Wildman–Crippen MR) is 105 cm³/mol. The minimum Gasteiger partial charge on any atom is -0.484 e. The number of likely N-dealkylation sites (tertiary alicyclic amines) is 2. The van der Waals surface area contributed by atoms with E-state index in [0.717, 1.165) is 12.8 Å². The average molecular weight is 387 g/mol. The minimum absolute atomic E-state index is 0.0241. The van der Waals surface area contributed by atoms with Crippen molar-refractivity contribution in [3.05, 3.63) is 30.3 Å². The van der Waals surface area contributed by atoms with Crippen molar-refractivity contribution in [2.24, 2.45) is 5.92 Å². The number of hydrogen-bond acceptors (Lipinski definition) is 4. The van der Waals surface area contributed by atoms with Gasteiger partial charge in [0.2, 0.25) is 11.8 Å². The second kappa shape index (κ2) is 9.08. The third-order valence-electron chi connectivity index (χ3n) is 5.45. The van der Waals surface area contributed by atoms with Crippen LogP contribution < -0.4 is 10.1 Å². The Labute approximate surface area is 166 Å². The Balaban J connectivity index is 1.40. The van der Waals surface area contributed by atoms with Crippen LogP contribution in [0.5, 0.6) is 5.75 Å². The van der Waals surface area contributed by atoms with E-state index in [4.69, 9.17) is 4.74 Å². The van der Waals surface area contributed by atoms with Crippen molar-refractivity contribution in [3.8, 4) is 5.75 Å². The number of nitrogens with zero attached hydrogens (tertiary/aromatic N) is 2. The maximum atomic E-state index is 12.5. The maximum absolute atomic E-state index is 12.5. The zero-order valence-electron chi connectivity index (χ0n) is 16.6. The van der Waals surface area contributed by atoms with Gasteiger partial charge >= 0.3 is 0 Å². The zero-order chi connectivity index (χ0) is 20.1. The van der Waals surface area contributed by atoms with Crippen LogP contribution in [0.15, 0.2) is 30.3 Å². The number of para-hydroxylation sites is 1. The molecule has 0 radical (unpaired) electrons. The molecule has 3 rings (SSSR count). The van der Waals surface area contributed by atoms with Gasteiger partial charge < -0.3 is 19.9 Å². The van der Waals surface area contributed by atoms with Gasteiger partial charge in [0.05, 0.1) is 5.92 Å². The van der Waals surface area contributed by atoms with Crippen molar-refractivity contribution in [1.29, 1.82) is 0 Å². The van der Waals surface area contributed by atoms with E-state index < -0.39 is 0 Å². The number of nitrogens with one attached hydrogen (secondary N) is 1. The second-order valence-corrected chi connectivity index (χ2v) is 7.81. The normalized spacial score (nSPS) is 20.5. The topological polar surface area (TPSA) is 79.0 Å². The highest BCUT2D eigenvalue weighted by Gasteiger charge is 2.36. The third kappa shape index (κ3) is 5.03. The van der Waals surface area contributed by atoms with E-state index in [1.54, 1.807) is 9.80 Å². The quantitative estimate of drug-likeness (QED) is 0.801. The SMILES string of the molecule is CC(C)N1CC(C(=O)NC2CCN(C(=O)COc3ccccc3)CC2)CC1=O. The lowest BCUT2D eigenvalue weighted by atomic mass is 10.0. The molecule has 2 fully saturated rings. The molecule has 3 amide bonds. The van der Waals surface area contributed by atoms with Crippen molar-refractivity contribution in [2.45, 2.75) is 45.2 Å². The van der Waals surface area contributed by atoms with E-state index in [-0.39, 0.29) is 48.8 Å². The summed E-state index contributed by atoms with van der Waals surface area (Å²) in [7, 11) is 0. The van der Waals surface area contributed by atoms with Crippen LogP contribution in [0.3, 0.4) is 0 Å². The molecule has 7 heteroatoms. The Morgan fingerprint density at radius 3 is 2.46 bits per heavy atom. The number of carbonyl (C=O) groups is 3. The Morgan fingerprint density at radius 2 is 1.86 bits per heavy atom. The van der Waals surface area contributed by atoms with Crippen LogP contribution in [0.4, 0.5) is 0 Å². The molecule has 28 heavy (non-hydrogen) atoms. The summed E-state index contributed by atoms with van der Waals surface area (Å²) >= 11 is 0. The standard InChI is InChI=1S/C21H29N3O4/c1-15(2)24-13-16(12-19(24)25)21(27)22-17-8-10-23(11-9-17)20(26)14-28-18-6-4-3-5-7-18/h3-7,15-17H,8-14H2,1-2H3,(H,22,27). The number of amides is 3. The summed E-state index contributed by atoms with van der Waals surface area (Å²) < 4.78 is 5.52. The van der Waals surface area contributed by atoms with Crippen LogP contribution in [0.25, 0.3) is 0 Å². The minimum atomic E-state index is -0.270. The Kier molecular flexibility index (Phi) is 6.54. The van der Waals surface area contributed by atoms with Crippen molar-refractivity contribution in [3.63, 3.8) is 0 Å². The summed E-state index contributed by atoms with van der Waals surface area (Å²) in [6.07, 6.45) is 1.73. The monoisotopic (exact) mass is 387 g/mol. The molecule has 152 valence electrons. The van der Waals surface area contributed by atoms with Gasteiger partial charge in [-0.05, 0) is 38.8 Å². The molecule has 1 aromatic carbocycles. The Morgan fingerprint density at radius 1 is 1.18 bits per heavy atom. The van der Waals surface area contributed by atoms with E-state index >= 15 is 0 Å². The summed E-state index contributed by atoms with van der Waals surface area (Å²) in [5.41, 5.74) is 0. The van der Waals surface area contributed by atoms with Crippen LogP contribution in [0.1, 0.15) is 33.1 Å². The fraction of sp³-hybridized carbons (Fsp3) is 0.571. The molecule has 0 saturated carbocycles. The highest BCUT2D eigenvalue weighted by molar-refractivity contribution is 5.89. The lowest BCUT2D eigenvalue weighted by Gasteiger charge is -2.32. The largest absolute Gasteiger partial charge is 0.484 e. The summed E-state index contributed by atoms with van der Waals surface area (Å²) in [4.78, 5) is 40.4. The summed E-state index contributed by atoms with van der Waals surface area (Å²) in [6.45, 7) is 5.65. The fourth-order valence-corrected chi connectivity index (χ4v) is 3.75. The van der Waals surface area contributed by atoms with Gasteiger partial charge in [0.1, 0.15) is 5.75 Å². The molecule has 2 saturated heterocycles. The molecule has 1 aromatic rings. The van der Waals surface area contributed by atoms with E-state index in [0.29, 0.717) is 25.4 Å². The van der Waals surface area contributed by atoms with Crippen molar-refractivity contribution in [1.82, 2.24) is 15.1 Å². The van der Waals surface area contributed by atoms with Crippen LogP contribution in [0, 0.1) is 5.92 Å². The van der Waals surface area contributed by atoms with Crippen LogP contribution in [-0.4, -0.2) is 65.8 Å². The molecular weight excluding hydrogens is 358 g/mol. The molecule has 2 heterocycles. The maximum Gasteiger partial charge on any atom is 0.260 e. The molecule has 0 bridgehead atoms. The molecule has 1 atom stereocenters. The summed E-state index contributed by atoms with van der Waals surface area (Å²) in [6, 6.07) is 9.45. The highest BCUT2D eigenvalue weighted by Crippen LogP contribution is 2.21. The molecule has 0 spiro atoms. The lowest BCUT2D eigenvalue weighted by molar-refractivity contribution is -0.134.